The second kappa shape index (κ2) is 10.6. The van der Waals surface area contributed by atoms with Crippen LogP contribution in [0, 0.1) is 0 Å². The molecule has 0 saturated carbocycles. The third-order valence-electron chi connectivity index (χ3n) is 3.59. The largest absolute Gasteiger partial charge is 0.491 e. The van der Waals surface area contributed by atoms with Crippen LogP contribution in [0.4, 0.5) is 5.13 Å². The van der Waals surface area contributed by atoms with Gasteiger partial charge in [0, 0.05) is 11.3 Å². The zero-order valence-corrected chi connectivity index (χ0v) is 18.5. The first-order chi connectivity index (χ1) is 14.1. The van der Waals surface area contributed by atoms with E-state index in [0.29, 0.717) is 23.1 Å². The van der Waals surface area contributed by atoms with Gasteiger partial charge in [-0.15, -0.1) is 10.2 Å². The van der Waals surface area contributed by atoms with E-state index in [1.807, 2.05) is 37.3 Å². The molecule has 1 amide bonds. The minimum Gasteiger partial charge on any atom is -0.491 e. The molecule has 2 aromatic carbocycles. The Kier molecular flexibility index (Phi) is 7.94. The number of anilines is 1. The van der Waals surface area contributed by atoms with Crippen LogP contribution in [0.1, 0.15) is 22.8 Å². The van der Waals surface area contributed by atoms with Gasteiger partial charge in [-0.3, -0.25) is 10.1 Å². The number of carbonyl (C=O) groups excluding carboxylic acids is 1. The molecule has 0 aliphatic heterocycles. The van der Waals surface area contributed by atoms with Crippen molar-refractivity contribution in [2.75, 3.05) is 17.7 Å². The SMILES string of the molecule is CCOc1c(Cl)cc(C(=O)Nc2nnc(SC/C=C/c3ccccc3)s2)cc1Cl. The van der Waals surface area contributed by atoms with E-state index in [1.54, 1.807) is 11.8 Å². The second-order valence-corrected chi connectivity index (χ2v) is 8.71. The maximum absolute atomic E-state index is 12.5. The molecule has 0 bridgehead atoms. The second-order valence-electron chi connectivity index (χ2n) is 5.65. The molecule has 0 radical (unpaired) electrons. The van der Waals surface area contributed by atoms with Crippen LogP contribution in [0.25, 0.3) is 6.08 Å². The van der Waals surface area contributed by atoms with Gasteiger partial charge in [-0.25, -0.2) is 0 Å². The Morgan fingerprint density at radius 3 is 2.62 bits per heavy atom. The lowest BCUT2D eigenvalue weighted by atomic mass is 10.2. The van der Waals surface area contributed by atoms with E-state index in [4.69, 9.17) is 27.9 Å². The van der Waals surface area contributed by atoms with E-state index in [-0.39, 0.29) is 16.0 Å². The van der Waals surface area contributed by atoms with Crippen LogP contribution in [0.15, 0.2) is 52.9 Å². The van der Waals surface area contributed by atoms with Crippen LogP contribution in [-0.2, 0) is 0 Å². The van der Waals surface area contributed by atoms with Gasteiger partial charge in [-0.2, -0.15) is 0 Å². The zero-order valence-electron chi connectivity index (χ0n) is 15.4. The molecule has 0 aliphatic carbocycles. The maximum Gasteiger partial charge on any atom is 0.257 e. The summed E-state index contributed by atoms with van der Waals surface area (Å²) >= 11 is 15.2. The molecule has 0 fully saturated rings. The summed E-state index contributed by atoms with van der Waals surface area (Å²) in [6.07, 6.45) is 4.11. The number of rotatable bonds is 8. The molecule has 1 N–H and O–H groups in total. The number of thioether (sulfide) groups is 1. The molecule has 0 unspecified atom stereocenters. The fraction of sp³-hybridized carbons (Fsp3) is 0.150. The molecule has 0 spiro atoms. The standard InChI is InChI=1S/C20H17Cl2N3O2S2/c1-2-27-17-15(21)11-14(12-16(17)22)18(26)23-19-24-25-20(29-19)28-10-6-9-13-7-4-3-5-8-13/h3-9,11-12H,2,10H2,1H3,(H,23,24,26)/b9-6+. The first-order valence-corrected chi connectivity index (χ1v) is 11.2. The normalized spacial score (nSPS) is 11.0. The molecule has 29 heavy (non-hydrogen) atoms. The number of ether oxygens (including phenoxy) is 1. The lowest BCUT2D eigenvalue weighted by Gasteiger charge is -2.09. The van der Waals surface area contributed by atoms with Gasteiger partial charge in [0.15, 0.2) is 10.1 Å². The molecule has 1 heterocycles. The Morgan fingerprint density at radius 1 is 1.21 bits per heavy atom. The highest BCUT2D eigenvalue weighted by molar-refractivity contribution is 8.01. The summed E-state index contributed by atoms with van der Waals surface area (Å²) in [5, 5.41) is 11.8. The fourth-order valence-corrected chi connectivity index (χ4v) is 4.51. The molecular weight excluding hydrogens is 449 g/mol. The number of benzene rings is 2. The molecule has 3 rings (SSSR count). The Labute approximate surface area is 187 Å². The number of amides is 1. The highest BCUT2D eigenvalue weighted by Gasteiger charge is 2.15. The van der Waals surface area contributed by atoms with Crippen molar-refractivity contribution in [2.45, 2.75) is 11.3 Å². The first kappa shape index (κ1) is 21.6. The number of halogens is 2. The van der Waals surface area contributed by atoms with Crippen LogP contribution < -0.4 is 10.1 Å². The van der Waals surface area contributed by atoms with Crippen LogP contribution in [0.5, 0.6) is 5.75 Å². The third kappa shape index (κ3) is 6.21. The van der Waals surface area contributed by atoms with E-state index in [2.05, 4.69) is 27.7 Å². The zero-order chi connectivity index (χ0) is 20.6. The number of hydrogen-bond acceptors (Lipinski definition) is 6. The molecule has 0 atom stereocenters. The molecule has 5 nitrogen and oxygen atoms in total. The number of aromatic nitrogens is 2. The molecule has 0 aliphatic rings. The summed E-state index contributed by atoms with van der Waals surface area (Å²) in [7, 11) is 0. The highest BCUT2D eigenvalue weighted by atomic mass is 35.5. The number of hydrogen-bond donors (Lipinski definition) is 1. The lowest BCUT2D eigenvalue weighted by molar-refractivity contribution is 0.102. The van der Waals surface area contributed by atoms with Gasteiger partial charge in [0.1, 0.15) is 0 Å². The van der Waals surface area contributed by atoms with E-state index in [1.165, 1.54) is 23.5 Å². The first-order valence-electron chi connectivity index (χ1n) is 8.68. The molecule has 1 aromatic heterocycles. The molecule has 0 saturated heterocycles. The fourth-order valence-electron chi connectivity index (χ4n) is 2.33. The van der Waals surface area contributed by atoms with E-state index < -0.39 is 0 Å². The van der Waals surface area contributed by atoms with Crippen LogP contribution in [0.3, 0.4) is 0 Å². The Hall–Kier alpha value is -2.06. The average molecular weight is 466 g/mol. The maximum atomic E-state index is 12.5. The summed E-state index contributed by atoms with van der Waals surface area (Å²) in [4.78, 5) is 12.5. The summed E-state index contributed by atoms with van der Waals surface area (Å²) in [6.45, 7) is 2.26. The minimum atomic E-state index is -0.367. The average Bonchev–Trinajstić information content (AvgIpc) is 3.16. The van der Waals surface area contributed by atoms with Gasteiger partial charge in [-0.1, -0.05) is 88.8 Å². The van der Waals surface area contributed by atoms with Gasteiger partial charge in [0.05, 0.1) is 16.7 Å². The van der Waals surface area contributed by atoms with Crippen molar-refractivity contribution >= 4 is 63.4 Å². The predicted octanol–water partition coefficient (Wildman–Crippen LogP) is 6.30. The van der Waals surface area contributed by atoms with E-state index in [0.717, 1.165) is 15.7 Å². The third-order valence-corrected chi connectivity index (χ3v) is 6.08. The van der Waals surface area contributed by atoms with Gasteiger partial charge in [0.2, 0.25) is 5.13 Å². The molecule has 3 aromatic rings. The van der Waals surface area contributed by atoms with Crippen LogP contribution in [0.2, 0.25) is 10.0 Å². The Balaban J connectivity index is 1.57. The van der Waals surface area contributed by atoms with Crippen LogP contribution >= 0.6 is 46.3 Å². The molecule has 150 valence electrons. The topological polar surface area (TPSA) is 64.1 Å². The smallest absolute Gasteiger partial charge is 0.257 e. The lowest BCUT2D eigenvalue weighted by Crippen LogP contribution is -2.12. The Bertz CT molecular complexity index is 987. The van der Waals surface area contributed by atoms with Crippen molar-refractivity contribution < 1.29 is 9.53 Å². The summed E-state index contributed by atoms with van der Waals surface area (Å²) in [5.74, 6) is 0.751. The summed E-state index contributed by atoms with van der Waals surface area (Å²) < 4.78 is 6.14. The Morgan fingerprint density at radius 2 is 1.93 bits per heavy atom. The van der Waals surface area contributed by atoms with Gasteiger partial charge < -0.3 is 4.74 Å². The van der Waals surface area contributed by atoms with E-state index in [9.17, 15) is 4.79 Å². The van der Waals surface area contributed by atoms with Crippen molar-refractivity contribution in [1.82, 2.24) is 10.2 Å². The molecular formula is C20H17Cl2N3O2S2. The van der Waals surface area contributed by atoms with Gasteiger partial charge in [0.25, 0.3) is 5.91 Å². The van der Waals surface area contributed by atoms with Crippen LogP contribution in [-0.4, -0.2) is 28.5 Å². The quantitative estimate of drug-likeness (QED) is 0.312. The predicted molar refractivity (Wildman–Crippen MR) is 122 cm³/mol. The van der Waals surface area contributed by atoms with Gasteiger partial charge >= 0.3 is 0 Å². The van der Waals surface area contributed by atoms with Gasteiger partial charge in [-0.05, 0) is 24.6 Å². The van der Waals surface area contributed by atoms with Crippen molar-refractivity contribution in [3.8, 4) is 5.75 Å². The molecule has 9 heteroatoms. The van der Waals surface area contributed by atoms with Crippen molar-refractivity contribution in [1.29, 1.82) is 0 Å². The highest BCUT2D eigenvalue weighted by Crippen LogP contribution is 2.34. The number of nitrogens with one attached hydrogen (secondary N) is 1. The minimum absolute atomic E-state index is 0.281. The number of carbonyl (C=O) groups is 1. The van der Waals surface area contributed by atoms with Crippen molar-refractivity contribution in [3.63, 3.8) is 0 Å². The summed E-state index contributed by atoms with van der Waals surface area (Å²) in [6, 6.07) is 13.1. The number of nitrogens with zero attached hydrogens (tertiary/aromatic N) is 2. The summed E-state index contributed by atoms with van der Waals surface area (Å²) in [5.41, 5.74) is 1.46. The monoisotopic (exact) mass is 465 g/mol. The van der Waals surface area contributed by atoms with Crippen molar-refractivity contribution in [3.05, 3.63) is 69.7 Å². The van der Waals surface area contributed by atoms with E-state index >= 15 is 0 Å². The van der Waals surface area contributed by atoms with Crippen molar-refractivity contribution in [2.24, 2.45) is 0 Å².